The Labute approximate surface area is 99.1 Å². The van der Waals surface area contributed by atoms with E-state index in [0.717, 1.165) is 0 Å². The lowest BCUT2D eigenvalue weighted by atomic mass is 10.2. The maximum absolute atomic E-state index is 11.4. The molecule has 1 aromatic carbocycles. The van der Waals surface area contributed by atoms with Crippen molar-refractivity contribution in [1.29, 1.82) is 0 Å². The van der Waals surface area contributed by atoms with Crippen LogP contribution in [0.1, 0.15) is 17.3 Å². The molecule has 0 aromatic heterocycles. The van der Waals surface area contributed by atoms with Gasteiger partial charge >= 0.3 is 11.9 Å². The van der Waals surface area contributed by atoms with Gasteiger partial charge in [-0.1, -0.05) is 12.1 Å². The second-order valence-electron chi connectivity index (χ2n) is 2.81. The molecule has 92 valence electrons. The number of para-hydroxylation sites is 1. The summed E-state index contributed by atoms with van der Waals surface area (Å²) in [4.78, 5) is 28.0. The van der Waals surface area contributed by atoms with E-state index in [1.807, 2.05) is 0 Å². The van der Waals surface area contributed by atoms with E-state index < -0.39 is 23.2 Å². The molecule has 1 rings (SSSR count). The van der Waals surface area contributed by atoms with Gasteiger partial charge in [-0.05, 0) is 17.0 Å². The van der Waals surface area contributed by atoms with Gasteiger partial charge < -0.3 is 9.57 Å². The average Bonchev–Trinajstić information content (AvgIpc) is 2.25. The van der Waals surface area contributed by atoms with Gasteiger partial charge in [-0.3, -0.25) is 9.35 Å². The summed E-state index contributed by atoms with van der Waals surface area (Å²) >= 11 is -2.48. The molecule has 0 aliphatic carbocycles. The number of nitrogens with one attached hydrogen (secondary N) is 1. The van der Waals surface area contributed by atoms with Crippen molar-refractivity contribution in [3.63, 3.8) is 0 Å². The van der Waals surface area contributed by atoms with Crippen molar-refractivity contribution >= 4 is 23.2 Å². The molecule has 0 spiro atoms. The van der Waals surface area contributed by atoms with Gasteiger partial charge in [0, 0.05) is 6.92 Å². The molecule has 0 bridgehead atoms. The molecule has 1 atom stereocenters. The number of benzene rings is 1. The number of esters is 1. The topological polar surface area (TPSA) is 102 Å². The lowest BCUT2D eigenvalue weighted by Crippen LogP contribution is -2.22. The SMILES string of the molecule is CC(=O)Oc1ccccc1C(=O)ONS(=O)O. The summed E-state index contributed by atoms with van der Waals surface area (Å²) in [6.45, 7) is 1.18. The summed E-state index contributed by atoms with van der Waals surface area (Å²) in [6.07, 6.45) is 0. The van der Waals surface area contributed by atoms with Gasteiger partial charge in [0.15, 0.2) is 0 Å². The minimum atomic E-state index is -2.48. The van der Waals surface area contributed by atoms with Crippen molar-refractivity contribution in [2.24, 2.45) is 0 Å². The van der Waals surface area contributed by atoms with Gasteiger partial charge in [-0.15, -0.1) is 0 Å². The number of hydrogen-bond acceptors (Lipinski definition) is 5. The number of rotatable bonds is 4. The Morgan fingerprint density at radius 2 is 2.00 bits per heavy atom. The van der Waals surface area contributed by atoms with Crippen molar-refractivity contribution < 1.29 is 27.9 Å². The van der Waals surface area contributed by atoms with Gasteiger partial charge in [0.1, 0.15) is 11.3 Å². The minimum absolute atomic E-state index is 0.00974. The zero-order valence-corrected chi connectivity index (χ0v) is 9.52. The van der Waals surface area contributed by atoms with Crippen LogP contribution in [0.4, 0.5) is 0 Å². The molecule has 8 heteroatoms. The largest absolute Gasteiger partial charge is 0.426 e. The van der Waals surface area contributed by atoms with E-state index in [9.17, 15) is 13.8 Å². The fourth-order valence-corrected chi connectivity index (χ4v) is 1.15. The molecule has 0 aliphatic rings. The van der Waals surface area contributed by atoms with Crippen LogP contribution in [-0.2, 0) is 20.9 Å². The zero-order chi connectivity index (χ0) is 12.8. The second-order valence-corrected chi connectivity index (χ2v) is 3.48. The van der Waals surface area contributed by atoms with Crippen LogP contribution >= 0.6 is 0 Å². The Morgan fingerprint density at radius 1 is 1.35 bits per heavy atom. The summed E-state index contributed by atoms with van der Waals surface area (Å²) < 4.78 is 23.4. The summed E-state index contributed by atoms with van der Waals surface area (Å²) in [5, 5.41) is 0. The van der Waals surface area contributed by atoms with Gasteiger partial charge in [0.05, 0.1) is 0 Å². The van der Waals surface area contributed by atoms with Crippen molar-refractivity contribution in [3.8, 4) is 5.75 Å². The Morgan fingerprint density at radius 3 is 2.59 bits per heavy atom. The maximum atomic E-state index is 11.4. The van der Waals surface area contributed by atoms with E-state index in [-0.39, 0.29) is 11.3 Å². The monoisotopic (exact) mass is 259 g/mol. The molecule has 1 unspecified atom stereocenters. The molecular weight excluding hydrogens is 250 g/mol. The van der Waals surface area contributed by atoms with E-state index in [4.69, 9.17) is 9.29 Å². The molecule has 0 fully saturated rings. The molecule has 2 N–H and O–H groups in total. The molecule has 0 heterocycles. The fraction of sp³-hybridized carbons (Fsp3) is 0.111. The summed E-state index contributed by atoms with van der Waals surface area (Å²) in [5.41, 5.74) is -0.0411. The normalized spacial score (nSPS) is 11.6. The van der Waals surface area contributed by atoms with Crippen molar-refractivity contribution in [2.45, 2.75) is 6.92 Å². The third-order valence-electron chi connectivity index (χ3n) is 1.57. The molecule has 0 amide bonds. The van der Waals surface area contributed by atoms with Crippen LogP contribution in [0.5, 0.6) is 5.75 Å². The Bertz CT molecular complexity index is 461. The first kappa shape index (κ1) is 13.3. The number of ether oxygens (including phenoxy) is 1. The third-order valence-corrected chi connectivity index (χ3v) is 1.79. The summed E-state index contributed by atoms with van der Waals surface area (Å²) in [7, 11) is 0. The number of carbonyl (C=O) groups is 2. The van der Waals surface area contributed by atoms with Gasteiger partial charge in [0.25, 0.3) is 11.3 Å². The average molecular weight is 259 g/mol. The van der Waals surface area contributed by atoms with E-state index in [1.165, 1.54) is 25.1 Å². The zero-order valence-electron chi connectivity index (χ0n) is 8.71. The molecule has 0 saturated heterocycles. The third kappa shape index (κ3) is 4.31. The van der Waals surface area contributed by atoms with E-state index in [2.05, 4.69) is 4.84 Å². The predicted octanol–water partition coefficient (Wildman–Crippen LogP) is 0.410. The first-order valence-corrected chi connectivity index (χ1v) is 5.46. The highest BCUT2D eigenvalue weighted by atomic mass is 32.2. The van der Waals surface area contributed by atoms with Crippen molar-refractivity contribution in [2.75, 3.05) is 0 Å². The highest BCUT2D eigenvalue weighted by Crippen LogP contribution is 2.18. The molecule has 0 aliphatic heterocycles. The van der Waals surface area contributed by atoms with E-state index in [1.54, 1.807) is 11.0 Å². The van der Waals surface area contributed by atoms with Crippen LogP contribution in [0.15, 0.2) is 24.3 Å². The predicted molar refractivity (Wildman–Crippen MR) is 57.1 cm³/mol. The second kappa shape index (κ2) is 6.09. The highest BCUT2D eigenvalue weighted by molar-refractivity contribution is 7.76. The highest BCUT2D eigenvalue weighted by Gasteiger charge is 2.15. The van der Waals surface area contributed by atoms with E-state index in [0.29, 0.717) is 0 Å². The first-order valence-electron chi connectivity index (χ1n) is 4.36. The smallest absolute Gasteiger partial charge is 0.361 e. The fourth-order valence-electron chi connectivity index (χ4n) is 1.01. The maximum Gasteiger partial charge on any atom is 0.361 e. The quantitative estimate of drug-likeness (QED) is 0.351. The number of hydrogen-bond donors (Lipinski definition) is 2. The van der Waals surface area contributed by atoms with Crippen LogP contribution in [0, 0.1) is 0 Å². The Hall–Kier alpha value is -1.77. The van der Waals surface area contributed by atoms with Crippen molar-refractivity contribution in [3.05, 3.63) is 29.8 Å². The minimum Gasteiger partial charge on any atom is -0.426 e. The standard InChI is InChI=1S/C9H9NO6S/c1-6(11)15-8-5-3-2-4-7(8)9(12)16-10-17(13)14/h2-5,10H,1H3,(H,13,14). The number of carbonyl (C=O) groups excluding carboxylic acids is 2. The van der Waals surface area contributed by atoms with Gasteiger partial charge in [-0.25, -0.2) is 9.00 Å². The van der Waals surface area contributed by atoms with Gasteiger partial charge in [0.2, 0.25) is 0 Å². The lowest BCUT2D eigenvalue weighted by molar-refractivity contribution is -0.131. The van der Waals surface area contributed by atoms with E-state index >= 15 is 0 Å². The molecule has 0 saturated carbocycles. The van der Waals surface area contributed by atoms with Crippen LogP contribution in [0.25, 0.3) is 0 Å². The lowest BCUT2D eigenvalue weighted by Gasteiger charge is -2.07. The molecule has 1 aromatic rings. The van der Waals surface area contributed by atoms with Gasteiger partial charge in [-0.2, -0.15) is 0 Å². The molecule has 17 heavy (non-hydrogen) atoms. The molecule has 0 radical (unpaired) electrons. The van der Waals surface area contributed by atoms with Crippen LogP contribution in [0.2, 0.25) is 0 Å². The Balaban J connectivity index is 2.85. The van der Waals surface area contributed by atoms with Crippen molar-refractivity contribution in [1.82, 2.24) is 4.89 Å². The Kier molecular flexibility index (Phi) is 4.76. The van der Waals surface area contributed by atoms with Crippen LogP contribution < -0.4 is 9.62 Å². The molecule has 7 nitrogen and oxygen atoms in total. The molecular formula is C9H9NO6S. The first-order chi connectivity index (χ1) is 8.00. The summed E-state index contributed by atoms with van der Waals surface area (Å²) in [5.74, 6) is -1.52. The van der Waals surface area contributed by atoms with Crippen LogP contribution in [-0.4, -0.2) is 20.7 Å². The van der Waals surface area contributed by atoms with Crippen LogP contribution in [0.3, 0.4) is 0 Å². The summed E-state index contributed by atoms with van der Waals surface area (Å²) in [6, 6.07) is 5.84.